The van der Waals surface area contributed by atoms with Gasteiger partial charge >= 0.3 is 5.97 Å². The number of aliphatic hydroxyl groups excluding tert-OH is 1. The van der Waals surface area contributed by atoms with Crippen LogP contribution in [-0.4, -0.2) is 57.1 Å². The lowest BCUT2D eigenvalue weighted by molar-refractivity contribution is -0.140. The molecule has 1 fully saturated rings. The lowest BCUT2D eigenvalue weighted by Crippen LogP contribution is -2.40. The van der Waals surface area contributed by atoms with E-state index in [0.29, 0.717) is 5.82 Å². The average molecular weight is 289 g/mol. The number of hydrogen-bond acceptors (Lipinski definition) is 5. The van der Waals surface area contributed by atoms with Crippen LogP contribution in [0.25, 0.3) is 0 Å². The van der Waals surface area contributed by atoms with E-state index in [-0.39, 0.29) is 18.0 Å². The minimum atomic E-state index is -4.01. The minimum absolute atomic E-state index is 0.111. The fraction of sp³-hybridized carbons (Fsp3) is 0.600. The van der Waals surface area contributed by atoms with Crippen LogP contribution in [0.4, 0.5) is 0 Å². The van der Waals surface area contributed by atoms with E-state index in [1.807, 2.05) is 0 Å². The first-order valence-corrected chi connectivity index (χ1v) is 7.10. The largest absolute Gasteiger partial charge is 0.480 e. The monoisotopic (exact) mass is 289 g/mol. The van der Waals surface area contributed by atoms with E-state index in [1.54, 1.807) is 14.0 Å². The van der Waals surface area contributed by atoms with E-state index < -0.39 is 28.1 Å². The van der Waals surface area contributed by atoms with E-state index >= 15 is 0 Å². The van der Waals surface area contributed by atoms with Gasteiger partial charge < -0.3 is 14.8 Å². The van der Waals surface area contributed by atoms with Gasteiger partial charge in [-0.05, 0) is 6.92 Å². The highest BCUT2D eigenvalue weighted by Crippen LogP contribution is 2.26. The Kier molecular flexibility index (Phi) is 3.37. The van der Waals surface area contributed by atoms with Gasteiger partial charge in [0.25, 0.3) is 10.0 Å². The van der Waals surface area contributed by atoms with Crippen LogP contribution in [0.1, 0.15) is 12.2 Å². The highest BCUT2D eigenvalue weighted by atomic mass is 32.2. The summed E-state index contributed by atoms with van der Waals surface area (Å²) in [7, 11) is -2.36. The molecule has 0 aliphatic carbocycles. The number of carbonyl (C=O) groups is 1. The van der Waals surface area contributed by atoms with Crippen molar-refractivity contribution in [1.82, 2.24) is 13.9 Å². The van der Waals surface area contributed by atoms with Crippen molar-refractivity contribution < 1.29 is 23.4 Å². The van der Waals surface area contributed by atoms with Gasteiger partial charge in [-0.15, -0.1) is 0 Å². The Morgan fingerprint density at radius 3 is 2.63 bits per heavy atom. The second-order valence-corrected chi connectivity index (χ2v) is 6.39. The number of aliphatic carboxylic acids is 1. The summed E-state index contributed by atoms with van der Waals surface area (Å²) in [5.74, 6) is -0.766. The molecule has 0 radical (unpaired) electrons. The van der Waals surface area contributed by atoms with Crippen LogP contribution in [0.2, 0.25) is 0 Å². The van der Waals surface area contributed by atoms with Gasteiger partial charge in [0, 0.05) is 26.2 Å². The predicted molar refractivity (Wildman–Crippen MR) is 63.9 cm³/mol. The SMILES string of the molecule is Cc1nc(S(=O)(=O)N2C[C@H](O)C[C@H]2C(=O)O)cn1C. The highest BCUT2D eigenvalue weighted by Gasteiger charge is 2.44. The van der Waals surface area contributed by atoms with E-state index in [2.05, 4.69) is 4.98 Å². The standard InChI is InChI=1S/C10H15N3O5S/c1-6-11-9(5-12(6)2)19(17,18)13-4-7(14)3-8(13)10(15)16/h5,7-8,14H,3-4H2,1-2H3,(H,15,16)/t7-,8+/m1/s1. The molecule has 0 bridgehead atoms. The van der Waals surface area contributed by atoms with Gasteiger partial charge in [-0.25, -0.2) is 13.4 Å². The van der Waals surface area contributed by atoms with E-state index in [1.165, 1.54) is 10.8 Å². The Morgan fingerprint density at radius 2 is 2.16 bits per heavy atom. The molecular formula is C10H15N3O5S. The molecule has 0 saturated carbocycles. The topological polar surface area (TPSA) is 113 Å². The summed E-state index contributed by atoms with van der Waals surface area (Å²) in [5, 5.41) is 18.3. The lowest BCUT2D eigenvalue weighted by Gasteiger charge is -2.19. The summed E-state index contributed by atoms with van der Waals surface area (Å²) in [4.78, 5) is 15.0. The first-order valence-electron chi connectivity index (χ1n) is 5.66. The van der Waals surface area contributed by atoms with E-state index in [9.17, 15) is 18.3 Å². The fourth-order valence-corrected chi connectivity index (χ4v) is 3.70. The Morgan fingerprint density at radius 1 is 1.53 bits per heavy atom. The number of aliphatic hydroxyl groups is 1. The number of aromatic nitrogens is 2. The summed E-state index contributed by atoms with van der Waals surface area (Å²) >= 11 is 0. The predicted octanol–water partition coefficient (Wildman–Crippen LogP) is -1.06. The fourth-order valence-electron chi connectivity index (χ4n) is 2.05. The van der Waals surface area contributed by atoms with Gasteiger partial charge in [-0.3, -0.25) is 4.79 Å². The molecule has 19 heavy (non-hydrogen) atoms. The summed E-state index contributed by atoms with van der Waals surface area (Å²) in [6.45, 7) is 1.42. The van der Waals surface area contributed by atoms with E-state index in [0.717, 1.165) is 4.31 Å². The van der Waals surface area contributed by atoms with Gasteiger partial charge in [0.05, 0.1) is 6.10 Å². The Hall–Kier alpha value is -1.45. The van der Waals surface area contributed by atoms with Gasteiger partial charge in [-0.2, -0.15) is 4.31 Å². The number of sulfonamides is 1. The molecule has 0 unspecified atom stereocenters. The molecule has 1 aromatic heterocycles. The van der Waals surface area contributed by atoms with Crippen LogP contribution in [0.3, 0.4) is 0 Å². The van der Waals surface area contributed by atoms with E-state index in [4.69, 9.17) is 5.11 Å². The summed E-state index contributed by atoms with van der Waals surface area (Å²) in [6.07, 6.45) is 0.245. The number of nitrogens with zero attached hydrogens (tertiary/aromatic N) is 3. The molecule has 0 spiro atoms. The maximum Gasteiger partial charge on any atom is 0.322 e. The number of β-amino-alcohol motifs (C(OH)–C–C–N with tert-alkyl or cyclic N) is 1. The van der Waals surface area contributed by atoms with Crippen molar-refractivity contribution in [2.45, 2.75) is 30.5 Å². The molecule has 1 aliphatic rings. The van der Waals surface area contributed by atoms with Crippen molar-refractivity contribution in [2.75, 3.05) is 6.54 Å². The molecular weight excluding hydrogens is 274 g/mol. The van der Waals surface area contributed by atoms with Gasteiger partial charge in [0.15, 0.2) is 5.03 Å². The maximum absolute atomic E-state index is 12.3. The summed E-state index contributed by atoms with van der Waals surface area (Å²) in [5.41, 5.74) is 0. The number of rotatable bonds is 3. The first kappa shape index (κ1) is 14.0. The smallest absolute Gasteiger partial charge is 0.322 e. The maximum atomic E-state index is 12.3. The zero-order chi connectivity index (χ0) is 14.4. The highest BCUT2D eigenvalue weighted by molar-refractivity contribution is 7.89. The Labute approximate surface area is 110 Å². The molecule has 1 saturated heterocycles. The van der Waals surface area contributed by atoms with Crippen LogP contribution in [-0.2, 0) is 21.9 Å². The van der Waals surface area contributed by atoms with Crippen molar-refractivity contribution >= 4 is 16.0 Å². The van der Waals surface area contributed by atoms with Gasteiger partial charge in [0.2, 0.25) is 0 Å². The second kappa shape index (κ2) is 4.58. The van der Waals surface area contributed by atoms with Crippen LogP contribution < -0.4 is 0 Å². The third-order valence-electron chi connectivity index (χ3n) is 3.18. The molecule has 0 amide bonds. The molecule has 2 atom stereocenters. The Bertz CT molecular complexity index is 589. The van der Waals surface area contributed by atoms with Crippen molar-refractivity contribution in [3.63, 3.8) is 0 Å². The second-order valence-electron chi connectivity index (χ2n) is 4.56. The van der Waals surface area contributed by atoms with Gasteiger partial charge in [0.1, 0.15) is 11.9 Å². The molecule has 106 valence electrons. The molecule has 8 nitrogen and oxygen atoms in total. The zero-order valence-electron chi connectivity index (χ0n) is 10.5. The molecule has 2 rings (SSSR count). The molecule has 1 aliphatic heterocycles. The third-order valence-corrected chi connectivity index (χ3v) is 4.92. The number of carboxylic acids is 1. The Balaban J connectivity index is 2.41. The molecule has 9 heteroatoms. The quantitative estimate of drug-likeness (QED) is 0.733. The first-order chi connectivity index (χ1) is 8.73. The number of carboxylic acid groups (broad SMARTS) is 1. The van der Waals surface area contributed by atoms with Crippen LogP contribution in [0, 0.1) is 6.92 Å². The molecule has 2 N–H and O–H groups in total. The number of aryl methyl sites for hydroxylation is 2. The van der Waals surface area contributed by atoms with Crippen molar-refractivity contribution in [3.8, 4) is 0 Å². The van der Waals surface area contributed by atoms with Crippen molar-refractivity contribution in [3.05, 3.63) is 12.0 Å². The van der Waals surface area contributed by atoms with Crippen LogP contribution in [0.15, 0.2) is 11.2 Å². The summed E-state index contributed by atoms with van der Waals surface area (Å²) < 4.78 is 27.0. The average Bonchev–Trinajstić information content (AvgIpc) is 2.84. The molecule has 1 aromatic rings. The molecule has 0 aromatic carbocycles. The van der Waals surface area contributed by atoms with Crippen LogP contribution >= 0.6 is 0 Å². The number of hydrogen-bond donors (Lipinski definition) is 2. The van der Waals surface area contributed by atoms with Crippen molar-refractivity contribution in [1.29, 1.82) is 0 Å². The van der Waals surface area contributed by atoms with Crippen LogP contribution in [0.5, 0.6) is 0 Å². The number of imidazole rings is 1. The van der Waals surface area contributed by atoms with Gasteiger partial charge in [-0.1, -0.05) is 0 Å². The third kappa shape index (κ3) is 2.36. The molecule has 2 heterocycles. The lowest BCUT2D eigenvalue weighted by atomic mass is 10.2. The minimum Gasteiger partial charge on any atom is -0.480 e. The zero-order valence-corrected chi connectivity index (χ0v) is 11.3. The normalized spacial score (nSPS) is 24.8. The summed E-state index contributed by atoms with van der Waals surface area (Å²) in [6, 6.07) is -1.25. The van der Waals surface area contributed by atoms with Crippen molar-refractivity contribution in [2.24, 2.45) is 7.05 Å².